The van der Waals surface area contributed by atoms with Gasteiger partial charge in [-0.3, -0.25) is 4.79 Å². The van der Waals surface area contributed by atoms with E-state index < -0.39 is 0 Å². The van der Waals surface area contributed by atoms with Crippen molar-refractivity contribution in [3.05, 3.63) is 0 Å². The van der Waals surface area contributed by atoms with Crippen LogP contribution in [0.2, 0.25) is 0 Å². The summed E-state index contributed by atoms with van der Waals surface area (Å²) in [5.41, 5.74) is 0. The Morgan fingerprint density at radius 1 is 0.720 bits per heavy atom. The summed E-state index contributed by atoms with van der Waals surface area (Å²) in [4.78, 5) is 11.3. The predicted molar refractivity (Wildman–Crippen MR) is 110 cm³/mol. The topological polar surface area (TPSA) is 56.3 Å². The maximum atomic E-state index is 11.3. The second-order valence-electron chi connectivity index (χ2n) is 6.62. The number of unbranched alkanes of at least 4 members (excludes halogenated alkanes) is 14. The van der Waals surface area contributed by atoms with Gasteiger partial charge in [-0.2, -0.15) is 0 Å². The van der Waals surface area contributed by atoms with Crippen molar-refractivity contribution >= 4 is 67.5 Å². The molecule has 0 atom stereocenters. The predicted octanol–water partition coefficient (Wildman–Crippen LogP) is 5.78. The maximum absolute atomic E-state index is 11.3. The summed E-state index contributed by atoms with van der Waals surface area (Å²) in [6.45, 7) is 2.67. The SMILES string of the molecule is CCCCCCCCCCCCCCCCCC(=O)OCC[S-].[Ba+2].[OH-]. The number of esters is 1. The van der Waals surface area contributed by atoms with Crippen LogP contribution in [0.4, 0.5) is 0 Å². The molecule has 0 saturated carbocycles. The Bertz CT molecular complexity index is 253. The van der Waals surface area contributed by atoms with Crippen LogP contribution < -0.4 is 0 Å². The molecule has 3 nitrogen and oxygen atoms in total. The van der Waals surface area contributed by atoms with Crippen molar-refractivity contribution in [1.82, 2.24) is 0 Å². The summed E-state index contributed by atoms with van der Waals surface area (Å²) in [7, 11) is 0. The third-order valence-electron chi connectivity index (χ3n) is 4.33. The largest absolute Gasteiger partial charge is 2.00 e. The number of hydrogen-bond acceptors (Lipinski definition) is 4. The van der Waals surface area contributed by atoms with Gasteiger partial charge in [-0.15, -0.1) is 5.75 Å². The van der Waals surface area contributed by atoms with Crippen LogP contribution in [0.25, 0.3) is 0 Å². The fraction of sp³-hybridized carbons (Fsp3) is 0.950. The second-order valence-corrected chi connectivity index (χ2v) is 7.03. The van der Waals surface area contributed by atoms with Gasteiger partial charge in [-0.25, -0.2) is 0 Å². The van der Waals surface area contributed by atoms with Gasteiger partial charge in [0.25, 0.3) is 0 Å². The molecular formula is C20H40BaO3S. The molecule has 5 heteroatoms. The van der Waals surface area contributed by atoms with Crippen molar-refractivity contribution < 1.29 is 15.0 Å². The molecule has 0 amide bonds. The molecule has 0 radical (unpaired) electrons. The Hall–Kier alpha value is 1.35. The molecule has 0 aliphatic carbocycles. The molecule has 1 N–H and O–H groups in total. The van der Waals surface area contributed by atoms with E-state index in [0.717, 1.165) is 12.8 Å². The zero-order chi connectivity index (χ0) is 17.0. The van der Waals surface area contributed by atoms with Crippen molar-refractivity contribution in [3.63, 3.8) is 0 Å². The number of rotatable bonds is 18. The third-order valence-corrected chi connectivity index (χ3v) is 4.50. The molecule has 0 aliphatic rings. The summed E-state index contributed by atoms with van der Waals surface area (Å²) in [5.74, 6) is 0.425. The fourth-order valence-electron chi connectivity index (χ4n) is 2.87. The quantitative estimate of drug-likeness (QED) is 0.104. The number of hydrogen-bond donors (Lipinski definition) is 0. The molecule has 0 aromatic rings. The summed E-state index contributed by atoms with van der Waals surface area (Å²) in [5, 5.41) is 0. The van der Waals surface area contributed by atoms with Gasteiger partial charge in [0, 0.05) is 6.42 Å². The van der Waals surface area contributed by atoms with Crippen LogP contribution in [0.15, 0.2) is 0 Å². The molecule has 0 unspecified atom stereocenters. The van der Waals surface area contributed by atoms with Gasteiger partial charge < -0.3 is 22.8 Å². The van der Waals surface area contributed by atoms with E-state index in [2.05, 4.69) is 6.92 Å². The van der Waals surface area contributed by atoms with E-state index in [9.17, 15) is 4.79 Å². The molecule has 0 aliphatic heterocycles. The van der Waals surface area contributed by atoms with E-state index in [1.807, 2.05) is 0 Å². The molecule has 0 fully saturated rings. The van der Waals surface area contributed by atoms with Crippen LogP contribution in [0, 0.1) is 0 Å². The summed E-state index contributed by atoms with van der Waals surface area (Å²) >= 11 is 4.74. The Labute approximate surface area is 202 Å². The number of ether oxygens (including phenoxy) is 1. The monoisotopic (exact) mass is 498 g/mol. The smallest absolute Gasteiger partial charge is 0.870 e. The fourth-order valence-corrected chi connectivity index (χ4v) is 2.95. The average molecular weight is 498 g/mol. The van der Waals surface area contributed by atoms with Crippen LogP contribution >= 0.6 is 0 Å². The Morgan fingerprint density at radius 2 is 1.08 bits per heavy atom. The zero-order valence-corrected chi connectivity index (χ0v) is 21.9. The molecule has 0 aromatic heterocycles. The first kappa shape index (κ1) is 31.1. The van der Waals surface area contributed by atoms with Crippen LogP contribution in [-0.2, 0) is 22.2 Å². The Balaban J connectivity index is -0.00000242. The van der Waals surface area contributed by atoms with Crippen molar-refractivity contribution in [3.8, 4) is 0 Å². The van der Waals surface area contributed by atoms with Crippen LogP contribution in [0.5, 0.6) is 0 Å². The van der Waals surface area contributed by atoms with Crippen LogP contribution in [0.3, 0.4) is 0 Å². The molecule has 25 heavy (non-hydrogen) atoms. The molecular weight excluding hydrogens is 458 g/mol. The molecule has 146 valence electrons. The van der Waals surface area contributed by atoms with Crippen molar-refractivity contribution in [2.75, 3.05) is 12.4 Å². The summed E-state index contributed by atoms with van der Waals surface area (Å²) in [6.07, 6.45) is 20.8. The molecule has 0 saturated heterocycles. The first-order valence-corrected chi connectivity index (χ1v) is 10.6. The molecule has 0 aromatic carbocycles. The van der Waals surface area contributed by atoms with Crippen molar-refractivity contribution in [2.45, 2.75) is 110 Å². The summed E-state index contributed by atoms with van der Waals surface area (Å²) in [6, 6.07) is 0. The molecule has 0 heterocycles. The van der Waals surface area contributed by atoms with E-state index >= 15 is 0 Å². The minimum absolute atomic E-state index is 0. The third kappa shape index (κ3) is 27.7. The average Bonchev–Trinajstić information content (AvgIpc) is 2.56. The van der Waals surface area contributed by atoms with E-state index in [0.29, 0.717) is 18.8 Å². The normalized spacial score (nSPS) is 10.0. The van der Waals surface area contributed by atoms with E-state index in [1.165, 1.54) is 83.5 Å². The van der Waals surface area contributed by atoms with Crippen LogP contribution in [-0.4, -0.2) is 72.7 Å². The number of carbonyl (C=O) groups excluding carboxylic acids is 1. The van der Waals surface area contributed by atoms with Gasteiger partial charge in [-0.1, -0.05) is 96.8 Å². The molecule has 0 rings (SSSR count). The van der Waals surface area contributed by atoms with E-state index in [-0.39, 0.29) is 60.3 Å². The summed E-state index contributed by atoms with van der Waals surface area (Å²) < 4.78 is 4.97. The minimum atomic E-state index is -0.0791. The molecule has 0 spiro atoms. The molecule has 0 bridgehead atoms. The van der Waals surface area contributed by atoms with Gasteiger partial charge in [0.15, 0.2) is 0 Å². The van der Waals surface area contributed by atoms with Gasteiger partial charge in [0.1, 0.15) is 0 Å². The van der Waals surface area contributed by atoms with Gasteiger partial charge >= 0.3 is 54.9 Å². The van der Waals surface area contributed by atoms with Crippen molar-refractivity contribution in [2.24, 2.45) is 0 Å². The Kier molecular flexibility index (Phi) is 34.3. The first-order valence-electron chi connectivity index (χ1n) is 10.0. The Morgan fingerprint density at radius 3 is 1.44 bits per heavy atom. The van der Waals surface area contributed by atoms with E-state index in [1.54, 1.807) is 0 Å². The van der Waals surface area contributed by atoms with Crippen molar-refractivity contribution in [1.29, 1.82) is 0 Å². The standard InChI is InChI=1S/C20H40O2S.Ba.H2O/c1-2-3-4-5-6-7-8-9-10-11-12-13-14-15-16-17-20(21)22-18-19-23;;/h23H,2-19H2,1H3;;1H2/q;+2;/p-2. The van der Waals surface area contributed by atoms with Gasteiger partial charge in [-0.05, 0) is 6.42 Å². The maximum Gasteiger partial charge on any atom is 2.00 e. The van der Waals surface area contributed by atoms with E-state index in [4.69, 9.17) is 17.4 Å². The first-order chi connectivity index (χ1) is 11.3. The zero-order valence-electron chi connectivity index (χ0n) is 16.6. The minimum Gasteiger partial charge on any atom is -0.870 e. The second kappa shape index (κ2) is 27.6. The number of carbonyl (C=O) groups is 1. The van der Waals surface area contributed by atoms with Crippen LogP contribution in [0.1, 0.15) is 110 Å². The van der Waals surface area contributed by atoms with Gasteiger partial charge in [0.2, 0.25) is 0 Å². The van der Waals surface area contributed by atoms with Gasteiger partial charge in [0.05, 0.1) is 6.61 Å².